The Labute approximate surface area is 198 Å². The van der Waals surface area contributed by atoms with Gasteiger partial charge in [-0.2, -0.15) is 4.99 Å². The second kappa shape index (κ2) is 9.29. The van der Waals surface area contributed by atoms with Gasteiger partial charge in [0.05, 0.1) is 10.2 Å². The number of hydrogen-bond donors (Lipinski definition) is 0. The van der Waals surface area contributed by atoms with Gasteiger partial charge in [-0.25, -0.2) is 8.42 Å². The van der Waals surface area contributed by atoms with Crippen molar-refractivity contribution >= 4 is 64.8 Å². The maximum atomic E-state index is 12.8. The van der Waals surface area contributed by atoms with E-state index in [0.717, 1.165) is 38.8 Å². The van der Waals surface area contributed by atoms with Crippen molar-refractivity contribution in [1.82, 2.24) is 4.57 Å². The van der Waals surface area contributed by atoms with Crippen LogP contribution in [0.1, 0.15) is 18.9 Å². The van der Waals surface area contributed by atoms with Gasteiger partial charge in [0.25, 0.3) is 5.91 Å². The molecule has 1 aliphatic heterocycles. The highest BCUT2D eigenvalue weighted by Crippen LogP contribution is 2.27. The fourth-order valence-electron chi connectivity index (χ4n) is 3.87. The predicted molar refractivity (Wildman–Crippen MR) is 130 cm³/mol. The first-order valence-corrected chi connectivity index (χ1v) is 13.7. The molecule has 10 heteroatoms. The first-order valence-electron chi connectivity index (χ1n) is 10.2. The van der Waals surface area contributed by atoms with Gasteiger partial charge >= 0.3 is 0 Å². The van der Waals surface area contributed by atoms with Gasteiger partial charge in [-0.05, 0) is 49.6 Å². The van der Waals surface area contributed by atoms with Gasteiger partial charge in [0.1, 0.15) is 11.5 Å². The largest absolute Gasteiger partial charge is 0.317 e. The highest BCUT2D eigenvalue weighted by atomic mass is 79.9. The number of halogens is 1. The topological polar surface area (TPSA) is 88.8 Å². The number of aromatic nitrogens is 1. The van der Waals surface area contributed by atoms with Gasteiger partial charge in [0, 0.05) is 23.2 Å². The highest BCUT2D eigenvalue weighted by molar-refractivity contribution is 9.10. The first kappa shape index (κ1) is 22.9. The zero-order valence-electron chi connectivity index (χ0n) is 17.5. The minimum absolute atomic E-state index is 0.442. The Kier molecular flexibility index (Phi) is 6.64. The SMILES string of the molecule is CCn1c(=NC(=O)CS(=O)(=O)CC(=O)N2CCCc3ccccc32)sc2cc(Br)ccc21. The number of amides is 2. The molecule has 4 rings (SSSR count). The second-order valence-electron chi connectivity index (χ2n) is 7.56. The number of para-hydroxylation sites is 1. The van der Waals surface area contributed by atoms with Crippen LogP contribution in [0.4, 0.5) is 5.69 Å². The molecule has 7 nitrogen and oxygen atoms in total. The van der Waals surface area contributed by atoms with Crippen molar-refractivity contribution in [2.24, 2.45) is 4.99 Å². The molecule has 2 amide bonds. The Morgan fingerprint density at radius 3 is 2.72 bits per heavy atom. The molecule has 0 radical (unpaired) electrons. The van der Waals surface area contributed by atoms with E-state index in [0.29, 0.717) is 17.9 Å². The van der Waals surface area contributed by atoms with E-state index in [4.69, 9.17) is 0 Å². The normalized spacial score (nSPS) is 14.6. The number of carbonyl (C=O) groups is 2. The van der Waals surface area contributed by atoms with Gasteiger partial charge in [0.15, 0.2) is 14.6 Å². The molecule has 32 heavy (non-hydrogen) atoms. The fraction of sp³-hybridized carbons (Fsp3) is 0.318. The lowest BCUT2D eigenvalue weighted by Crippen LogP contribution is -2.40. The highest BCUT2D eigenvalue weighted by Gasteiger charge is 2.28. The average molecular weight is 536 g/mol. The van der Waals surface area contributed by atoms with Crippen molar-refractivity contribution in [3.8, 4) is 0 Å². The van der Waals surface area contributed by atoms with E-state index in [1.165, 1.54) is 16.2 Å². The summed E-state index contributed by atoms with van der Waals surface area (Å²) in [6, 6.07) is 13.3. The molecule has 0 bridgehead atoms. The number of anilines is 1. The summed E-state index contributed by atoms with van der Waals surface area (Å²) in [6.45, 7) is 2.99. The summed E-state index contributed by atoms with van der Waals surface area (Å²) in [4.78, 5) is 31.3. The Balaban J connectivity index is 1.52. The van der Waals surface area contributed by atoms with Crippen molar-refractivity contribution in [2.75, 3.05) is 23.0 Å². The molecule has 0 spiro atoms. The van der Waals surface area contributed by atoms with Crippen LogP contribution in [0.25, 0.3) is 10.2 Å². The van der Waals surface area contributed by atoms with Gasteiger partial charge in [-0.1, -0.05) is 45.5 Å². The molecule has 0 saturated carbocycles. The molecule has 1 aliphatic rings. The lowest BCUT2D eigenvalue weighted by Gasteiger charge is -2.29. The molecule has 0 atom stereocenters. The van der Waals surface area contributed by atoms with Crippen molar-refractivity contribution in [2.45, 2.75) is 26.3 Å². The van der Waals surface area contributed by atoms with Crippen LogP contribution >= 0.6 is 27.3 Å². The first-order chi connectivity index (χ1) is 15.3. The summed E-state index contributed by atoms with van der Waals surface area (Å²) in [6.07, 6.45) is 1.63. The van der Waals surface area contributed by atoms with E-state index >= 15 is 0 Å². The van der Waals surface area contributed by atoms with Crippen LogP contribution in [0, 0.1) is 0 Å². The Morgan fingerprint density at radius 2 is 1.94 bits per heavy atom. The number of thiazole rings is 1. The van der Waals surface area contributed by atoms with Gasteiger partial charge < -0.3 is 9.47 Å². The second-order valence-corrected chi connectivity index (χ2v) is 11.5. The average Bonchev–Trinajstić information content (AvgIpc) is 3.07. The van der Waals surface area contributed by atoms with E-state index in [1.54, 1.807) is 0 Å². The molecule has 1 aromatic heterocycles. The van der Waals surface area contributed by atoms with E-state index in [9.17, 15) is 18.0 Å². The summed E-state index contributed by atoms with van der Waals surface area (Å²) in [7, 11) is -3.96. The summed E-state index contributed by atoms with van der Waals surface area (Å²) >= 11 is 4.75. The summed E-state index contributed by atoms with van der Waals surface area (Å²) in [5.74, 6) is -2.80. The molecule has 0 N–H and O–H groups in total. The number of sulfone groups is 1. The van der Waals surface area contributed by atoms with Crippen LogP contribution in [-0.2, 0) is 32.4 Å². The number of nitrogens with zero attached hydrogens (tertiary/aromatic N) is 3. The third-order valence-electron chi connectivity index (χ3n) is 5.28. The maximum absolute atomic E-state index is 12.8. The molecule has 0 saturated heterocycles. The Hall–Kier alpha value is -2.30. The number of carbonyl (C=O) groups excluding carboxylic acids is 2. The maximum Gasteiger partial charge on any atom is 0.263 e. The van der Waals surface area contributed by atoms with Crippen LogP contribution in [-0.4, -0.2) is 42.8 Å². The number of benzene rings is 2. The van der Waals surface area contributed by atoms with Crippen molar-refractivity contribution in [1.29, 1.82) is 0 Å². The number of hydrogen-bond acceptors (Lipinski definition) is 5. The summed E-state index contributed by atoms with van der Waals surface area (Å²) in [5, 5.41) is 0. The van der Waals surface area contributed by atoms with Gasteiger partial charge in [-0.15, -0.1) is 0 Å². The monoisotopic (exact) mass is 535 g/mol. The summed E-state index contributed by atoms with van der Waals surface area (Å²) < 4.78 is 29.0. The predicted octanol–water partition coefficient (Wildman–Crippen LogP) is 3.31. The third kappa shape index (κ3) is 4.87. The van der Waals surface area contributed by atoms with Gasteiger partial charge in [0.2, 0.25) is 5.91 Å². The van der Waals surface area contributed by atoms with E-state index < -0.39 is 33.2 Å². The zero-order valence-corrected chi connectivity index (χ0v) is 20.7. The molecule has 0 aliphatic carbocycles. The zero-order chi connectivity index (χ0) is 22.9. The lowest BCUT2D eigenvalue weighted by molar-refractivity contribution is -0.116. The minimum Gasteiger partial charge on any atom is -0.317 e. The molecule has 2 aromatic carbocycles. The van der Waals surface area contributed by atoms with Crippen LogP contribution < -0.4 is 9.70 Å². The van der Waals surface area contributed by atoms with Gasteiger partial charge in [-0.3, -0.25) is 9.59 Å². The fourth-order valence-corrected chi connectivity index (χ4v) is 6.61. The standard InChI is InChI=1S/C22H22BrN3O4S2/c1-2-25-18-10-9-16(23)12-19(18)31-22(25)24-20(27)13-32(29,30)14-21(28)26-11-5-7-15-6-3-4-8-17(15)26/h3-4,6,8-10,12H,2,5,7,11,13-14H2,1H3. The van der Waals surface area contributed by atoms with Crippen LogP contribution in [0.2, 0.25) is 0 Å². The molecule has 168 valence electrons. The molecule has 3 aromatic rings. The summed E-state index contributed by atoms with van der Waals surface area (Å²) in [5.41, 5.74) is 2.69. The molecule has 2 heterocycles. The van der Waals surface area contributed by atoms with Crippen LogP contribution in [0.5, 0.6) is 0 Å². The molecule has 0 fully saturated rings. The minimum atomic E-state index is -3.96. The number of aryl methyl sites for hydroxylation is 2. The molecular weight excluding hydrogens is 514 g/mol. The molecule has 0 unspecified atom stereocenters. The van der Waals surface area contributed by atoms with Crippen molar-refractivity contribution < 1.29 is 18.0 Å². The molecular formula is C22H22BrN3O4S2. The van der Waals surface area contributed by atoms with Crippen molar-refractivity contribution in [3.05, 3.63) is 57.3 Å². The van der Waals surface area contributed by atoms with Crippen LogP contribution in [0.3, 0.4) is 0 Å². The number of fused-ring (bicyclic) bond motifs is 2. The van der Waals surface area contributed by atoms with E-state index in [-0.39, 0.29) is 0 Å². The van der Waals surface area contributed by atoms with Crippen LogP contribution in [0.15, 0.2) is 51.9 Å². The third-order valence-corrected chi connectivity index (χ3v) is 8.19. The number of rotatable bonds is 5. The van der Waals surface area contributed by atoms with E-state index in [2.05, 4.69) is 20.9 Å². The van der Waals surface area contributed by atoms with Crippen molar-refractivity contribution in [3.63, 3.8) is 0 Å². The Morgan fingerprint density at radius 1 is 1.16 bits per heavy atom. The smallest absolute Gasteiger partial charge is 0.263 e. The lowest BCUT2D eigenvalue weighted by atomic mass is 10.0. The Bertz CT molecular complexity index is 1380. The van der Waals surface area contributed by atoms with E-state index in [1.807, 2.05) is 54.0 Å². The quantitative estimate of drug-likeness (QED) is 0.501.